The summed E-state index contributed by atoms with van der Waals surface area (Å²) in [4.78, 5) is 34.2. The summed E-state index contributed by atoms with van der Waals surface area (Å²) in [5.41, 5.74) is 3.19. The fraction of sp³-hybridized carbons (Fsp3) is 0.346. The second-order valence-corrected chi connectivity index (χ2v) is 10.2. The first-order valence-electron chi connectivity index (χ1n) is 11.3. The maximum absolute atomic E-state index is 13.6. The number of para-hydroxylation sites is 1. The van der Waals surface area contributed by atoms with E-state index in [1.54, 1.807) is 9.47 Å². The van der Waals surface area contributed by atoms with Gasteiger partial charge in [-0.15, -0.1) is 0 Å². The van der Waals surface area contributed by atoms with Crippen LogP contribution in [-0.4, -0.2) is 46.0 Å². The summed E-state index contributed by atoms with van der Waals surface area (Å²) in [5, 5.41) is 1.36. The highest BCUT2D eigenvalue weighted by molar-refractivity contribution is 9.10. The Morgan fingerprint density at radius 1 is 1.29 bits per heavy atom. The number of anilines is 1. The third-order valence-corrected chi connectivity index (χ3v) is 8.01. The number of aryl methyl sites for hydroxylation is 1. The molecule has 34 heavy (non-hydrogen) atoms. The van der Waals surface area contributed by atoms with Gasteiger partial charge < -0.3 is 9.80 Å². The molecule has 0 radical (unpaired) electrons. The summed E-state index contributed by atoms with van der Waals surface area (Å²) < 4.78 is 2.45. The van der Waals surface area contributed by atoms with Crippen molar-refractivity contribution in [3.63, 3.8) is 0 Å². The number of hydrogen-bond donors (Lipinski definition) is 0. The van der Waals surface area contributed by atoms with E-state index in [0.717, 1.165) is 32.2 Å². The molecule has 0 spiro atoms. The van der Waals surface area contributed by atoms with E-state index in [2.05, 4.69) is 46.2 Å². The van der Waals surface area contributed by atoms with E-state index in [1.165, 1.54) is 6.08 Å². The van der Waals surface area contributed by atoms with Crippen molar-refractivity contribution >= 4 is 50.2 Å². The molecule has 1 aliphatic heterocycles. The molecule has 0 N–H and O–H groups in total. The molecule has 0 aliphatic carbocycles. The van der Waals surface area contributed by atoms with E-state index in [0.29, 0.717) is 30.5 Å². The number of aromatic nitrogens is 2. The topological polar surface area (TPSA) is 58.4 Å². The number of hydrogen-bond acceptors (Lipinski definition) is 4. The van der Waals surface area contributed by atoms with Gasteiger partial charge in [0.1, 0.15) is 5.82 Å². The summed E-state index contributed by atoms with van der Waals surface area (Å²) in [7, 11) is 0. The fourth-order valence-corrected chi connectivity index (χ4v) is 5.28. The zero-order valence-electron chi connectivity index (χ0n) is 19.8. The Balaban J connectivity index is 1.98. The number of fused-ring (bicyclic) bond motifs is 1. The Bertz CT molecular complexity index is 1350. The molecule has 1 saturated heterocycles. The number of carbonyl (C=O) groups excluding carboxylic acids is 1. The molecule has 178 valence electrons. The van der Waals surface area contributed by atoms with E-state index in [1.807, 2.05) is 44.2 Å². The third kappa shape index (κ3) is 4.16. The molecule has 1 amide bonds. The molecule has 1 aromatic heterocycles. The molecule has 2 aromatic carbocycles. The molecular weight excluding hydrogens is 516 g/mol. The molecule has 8 heteroatoms. The van der Waals surface area contributed by atoms with Crippen molar-refractivity contribution < 1.29 is 4.79 Å². The maximum atomic E-state index is 13.6. The molecule has 6 nitrogen and oxygen atoms in total. The van der Waals surface area contributed by atoms with E-state index >= 15 is 0 Å². The summed E-state index contributed by atoms with van der Waals surface area (Å²) in [6.45, 7) is 13.4. The van der Waals surface area contributed by atoms with Crippen LogP contribution in [0.3, 0.4) is 0 Å². The Morgan fingerprint density at radius 2 is 2.00 bits per heavy atom. The fourth-order valence-electron chi connectivity index (χ4n) is 4.72. The predicted molar refractivity (Wildman–Crippen MR) is 142 cm³/mol. The van der Waals surface area contributed by atoms with E-state index in [-0.39, 0.29) is 23.6 Å². The van der Waals surface area contributed by atoms with Crippen molar-refractivity contribution in [1.82, 2.24) is 14.5 Å². The lowest BCUT2D eigenvalue weighted by Gasteiger charge is -2.40. The zero-order chi connectivity index (χ0) is 24.7. The quantitative estimate of drug-likeness (QED) is 0.410. The second kappa shape index (κ2) is 9.55. The van der Waals surface area contributed by atoms with Gasteiger partial charge >= 0.3 is 5.69 Å². The first kappa shape index (κ1) is 24.5. The van der Waals surface area contributed by atoms with Crippen LogP contribution in [0.4, 0.5) is 5.82 Å². The van der Waals surface area contributed by atoms with E-state index < -0.39 is 0 Å². The SMILES string of the molecule is C=CC(=O)N1CCN(c2nc(=O)n(-c3ccccc3C(C)C)c3c(C)c(Br)c(Cl)cc23)[C@@H](C)C1. The number of piperazine rings is 1. The number of rotatable bonds is 4. The first-order valence-corrected chi connectivity index (χ1v) is 12.5. The minimum absolute atomic E-state index is 0.0331. The first-order chi connectivity index (χ1) is 16.1. The number of benzene rings is 2. The molecule has 2 heterocycles. The van der Waals surface area contributed by atoms with Gasteiger partial charge in [-0.05, 0) is 65.0 Å². The number of amides is 1. The Labute approximate surface area is 213 Å². The molecule has 0 bridgehead atoms. The van der Waals surface area contributed by atoms with Crippen LogP contribution in [0.25, 0.3) is 16.6 Å². The zero-order valence-corrected chi connectivity index (χ0v) is 22.2. The van der Waals surface area contributed by atoms with E-state index in [4.69, 9.17) is 11.6 Å². The molecule has 1 aliphatic rings. The van der Waals surface area contributed by atoms with Crippen LogP contribution < -0.4 is 10.6 Å². The van der Waals surface area contributed by atoms with Crippen molar-refractivity contribution in [1.29, 1.82) is 0 Å². The molecule has 0 unspecified atom stereocenters. The lowest BCUT2D eigenvalue weighted by atomic mass is 10.0. The van der Waals surface area contributed by atoms with Gasteiger partial charge in [-0.25, -0.2) is 4.79 Å². The molecular formula is C26H28BrClN4O2. The highest BCUT2D eigenvalue weighted by Gasteiger charge is 2.30. The van der Waals surface area contributed by atoms with Gasteiger partial charge in [0.15, 0.2) is 0 Å². The van der Waals surface area contributed by atoms with Gasteiger partial charge in [0.25, 0.3) is 0 Å². The molecule has 3 aromatic rings. The lowest BCUT2D eigenvalue weighted by molar-refractivity contribution is -0.126. The average molecular weight is 544 g/mol. The van der Waals surface area contributed by atoms with Crippen LogP contribution >= 0.6 is 27.5 Å². The smallest absolute Gasteiger partial charge is 0.350 e. The Morgan fingerprint density at radius 3 is 2.65 bits per heavy atom. The highest BCUT2D eigenvalue weighted by atomic mass is 79.9. The largest absolute Gasteiger partial charge is 0.354 e. The van der Waals surface area contributed by atoms with Crippen molar-refractivity contribution in [2.75, 3.05) is 24.5 Å². The van der Waals surface area contributed by atoms with Crippen LogP contribution in [0.15, 0.2) is 52.3 Å². The molecule has 4 rings (SSSR count). The van der Waals surface area contributed by atoms with Crippen molar-refractivity contribution in [3.8, 4) is 5.69 Å². The van der Waals surface area contributed by atoms with Gasteiger partial charge in [0.2, 0.25) is 5.91 Å². The van der Waals surface area contributed by atoms with Crippen LogP contribution in [0.1, 0.15) is 37.8 Å². The molecule has 1 fully saturated rings. The summed E-state index contributed by atoms with van der Waals surface area (Å²) >= 11 is 10.2. The van der Waals surface area contributed by atoms with Gasteiger partial charge in [-0.2, -0.15) is 4.98 Å². The van der Waals surface area contributed by atoms with Crippen LogP contribution in [0, 0.1) is 6.92 Å². The summed E-state index contributed by atoms with van der Waals surface area (Å²) in [5.74, 6) is 0.728. The van der Waals surface area contributed by atoms with Crippen molar-refractivity contribution in [3.05, 3.63) is 74.1 Å². The summed E-state index contributed by atoms with van der Waals surface area (Å²) in [6, 6.07) is 9.77. The Kier molecular flexibility index (Phi) is 6.87. The average Bonchev–Trinajstić information content (AvgIpc) is 2.82. The van der Waals surface area contributed by atoms with Crippen molar-refractivity contribution in [2.24, 2.45) is 0 Å². The number of carbonyl (C=O) groups is 1. The van der Waals surface area contributed by atoms with Gasteiger partial charge in [0, 0.05) is 35.5 Å². The number of halogens is 2. The minimum Gasteiger partial charge on any atom is -0.350 e. The predicted octanol–water partition coefficient (Wildman–Crippen LogP) is 5.46. The van der Waals surface area contributed by atoms with Gasteiger partial charge in [-0.1, -0.05) is 50.2 Å². The standard InChI is InChI=1S/C26H28BrClN4O2/c1-6-22(33)30-11-12-31(16(4)14-30)25-19-13-20(28)23(27)17(5)24(19)32(26(34)29-25)21-10-8-7-9-18(21)15(2)3/h6-10,13,15-16H,1,11-12,14H2,2-5H3/t16-/m0/s1. The van der Waals surface area contributed by atoms with Gasteiger partial charge in [0.05, 0.1) is 16.2 Å². The monoisotopic (exact) mass is 542 g/mol. The Hall–Kier alpha value is -2.64. The third-order valence-electron chi connectivity index (χ3n) is 6.46. The van der Waals surface area contributed by atoms with Gasteiger partial charge in [-0.3, -0.25) is 9.36 Å². The molecule has 0 saturated carbocycles. The normalized spacial score (nSPS) is 16.4. The number of nitrogens with zero attached hydrogens (tertiary/aromatic N) is 4. The minimum atomic E-state index is -0.343. The van der Waals surface area contributed by atoms with Crippen LogP contribution in [0.5, 0.6) is 0 Å². The van der Waals surface area contributed by atoms with Crippen molar-refractivity contribution in [2.45, 2.75) is 39.7 Å². The maximum Gasteiger partial charge on any atom is 0.354 e. The summed E-state index contributed by atoms with van der Waals surface area (Å²) in [6.07, 6.45) is 1.34. The molecule has 1 atom stereocenters. The lowest BCUT2D eigenvalue weighted by Crippen LogP contribution is -2.54. The second-order valence-electron chi connectivity index (χ2n) is 8.99. The van der Waals surface area contributed by atoms with E-state index in [9.17, 15) is 9.59 Å². The van der Waals surface area contributed by atoms with Crippen LogP contribution in [-0.2, 0) is 4.79 Å². The highest BCUT2D eigenvalue weighted by Crippen LogP contribution is 2.38. The van der Waals surface area contributed by atoms with Crippen LogP contribution in [0.2, 0.25) is 5.02 Å².